The molecule has 0 saturated heterocycles. The lowest BCUT2D eigenvalue weighted by atomic mass is 10.1. The smallest absolute Gasteiger partial charge is 0.251 e. The molecule has 0 aliphatic heterocycles. The van der Waals surface area contributed by atoms with Crippen LogP contribution in [-0.4, -0.2) is 19.6 Å². The van der Waals surface area contributed by atoms with Gasteiger partial charge >= 0.3 is 0 Å². The second-order valence-corrected chi connectivity index (χ2v) is 8.83. The molecule has 0 aromatic heterocycles. The number of hydrogen-bond acceptors (Lipinski definition) is 4. The largest absolute Gasteiger partial charge is 0.493 e. The van der Waals surface area contributed by atoms with E-state index < -0.39 is 0 Å². The van der Waals surface area contributed by atoms with Crippen molar-refractivity contribution in [2.75, 3.05) is 19.0 Å². The number of anilines is 1. The molecule has 3 aromatic rings. The summed E-state index contributed by atoms with van der Waals surface area (Å²) in [6.07, 6.45) is 0. The van der Waals surface area contributed by atoms with Crippen LogP contribution in [0, 0.1) is 12.8 Å². The van der Waals surface area contributed by atoms with Crippen LogP contribution in [0.4, 0.5) is 5.69 Å². The molecule has 0 aliphatic rings. The maximum atomic E-state index is 12.3. The summed E-state index contributed by atoms with van der Waals surface area (Å²) in [7, 11) is 1.60. The molecule has 1 amide bonds. The second-order valence-electron chi connectivity index (χ2n) is 8.42. The Bertz CT molecular complexity index is 1080. The first kappa shape index (κ1) is 24.5. The highest BCUT2D eigenvalue weighted by Crippen LogP contribution is 2.37. The monoisotopic (exact) mass is 466 g/mol. The highest BCUT2D eigenvalue weighted by atomic mass is 35.5. The number of ether oxygens (including phenoxy) is 2. The van der Waals surface area contributed by atoms with Gasteiger partial charge in [-0.3, -0.25) is 4.79 Å². The van der Waals surface area contributed by atoms with E-state index >= 15 is 0 Å². The summed E-state index contributed by atoms with van der Waals surface area (Å²) >= 11 is 6.53. The zero-order valence-electron chi connectivity index (χ0n) is 19.6. The van der Waals surface area contributed by atoms with Gasteiger partial charge in [0, 0.05) is 24.3 Å². The number of nitrogens with one attached hydrogen (secondary N) is 2. The topological polar surface area (TPSA) is 59.6 Å². The van der Waals surface area contributed by atoms with Gasteiger partial charge in [-0.2, -0.15) is 0 Å². The molecule has 0 fully saturated rings. The maximum Gasteiger partial charge on any atom is 0.251 e. The van der Waals surface area contributed by atoms with Crippen LogP contribution in [-0.2, 0) is 13.2 Å². The summed E-state index contributed by atoms with van der Waals surface area (Å²) in [6.45, 7) is 7.75. The molecule has 3 rings (SSSR count). The lowest BCUT2D eigenvalue weighted by Gasteiger charge is -2.15. The Hall–Kier alpha value is -3.18. The van der Waals surface area contributed by atoms with Crippen molar-refractivity contribution in [3.63, 3.8) is 0 Å². The van der Waals surface area contributed by atoms with Crippen molar-refractivity contribution in [3.05, 3.63) is 87.9 Å². The molecule has 0 saturated carbocycles. The SMILES string of the molecule is COc1cc(CNc2cccc(C(=O)NCC(C)C)c2)cc(Cl)c1OCc1ccc(C)cc1. The number of methoxy groups -OCH3 is 1. The Morgan fingerprint density at radius 3 is 2.48 bits per heavy atom. The van der Waals surface area contributed by atoms with E-state index in [0.717, 1.165) is 16.8 Å². The standard InChI is InChI=1S/C27H31ClN2O3/c1-18(2)15-30-27(31)22-6-5-7-23(14-22)29-16-21-12-24(28)26(25(13-21)32-4)33-17-20-10-8-19(3)9-11-20/h5-14,18,29H,15-17H2,1-4H3,(H,30,31). The minimum Gasteiger partial charge on any atom is -0.493 e. The summed E-state index contributed by atoms with van der Waals surface area (Å²) in [5.74, 6) is 1.42. The van der Waals surface area contributed by atoms with Crippen molar-refractivity contribution < 1.29 is 14.3 Å². The summed E-state index contributed by atoms with van der Waals surface area (Å²) < 4.78 is 11.5. The van der Waals surface area contributed by atoms with E-state index in [2.05, 4.69) is 43.5 Å². The fourth-order valence-electron chi connectivity index (χ4n) is 3.23. The Kier molecular flexibility index (Phi) is 8.61. The number of carbonyl (C=O) groups excluding carboxylic acids is 1. The van der Waals surface area contributed by atoms with E-state index in [4.69, 9.17) is 21.1 Å². The molecule has 0 spiro atoms. The fourth-order valence-corrected chi connectivity index (χ4v) is 3.52. The minimum atomic E-state index is -0.0767. The second kappa shape index (κ2) is 11.6. The third-order valence-corrected chi connectivity index (χ3v) is 5.37. The van der Waals surface area contributed by atoms with Gasteiger partial charge in [0.2, 0.25) is 0 Å². The zero-order chi connectivity index (χ0) is 23.8. The molecule has 3 aromatic carbocycles. The van der Waals surface area contributed by atoms with Gasteiger partial charge < -0.3 is 20.1 Å². The number of rotatable bonds is 10. The molecule has 0 unspecified atom stereocenters. The molecule has 33 heavy (non-hydrogen) atoms. The molecular weight excluding hydrogens is 436 g/mol. The van der Waals surface area contributed by atoms with Crippen LogP contribution in [0.5, 0.6) is 11.5 Å². The number of benzene rings is 3. The fraction of sp³-hybridized carbons (Fsp3) is 0.296. The van der Waals surface area contributed by atoms with Crippen LogP contribution in [0.1, 0.15) is 40.9 Å². The maximum absolute atomic E-state index is 12.3. The Balaban J connectivity index is 1.66. The molecule has 0 atom stereocenters. The van der Waals surface area contributed by atoms with Crippen LogP contribution in [0.2, 0.25) is 5.02 Å². The average molecular weight is 467 g/mol. The van der Waals surface area contributed by atoms with Crippen LogP contribution in [0.3, 0.4) is 0 Å². The first-order valence-corrected chi connectivity index (χ1v) is 11.4. The van der Waals surface area contributed by atoms with Crippen molar-refractivity contribution in [1.82, 2.24) is 5.32 Å². The van der Waals surface area contributed by atoms with Crippen molar-refractivity contribution >= 4 is 23.2 Å². The molecule has 5 nitrogen and oxygen atoms in total. The van der Waals surface area contributed by atoms with E-state index in [-0.39, 0.29) is 5.91 Å². The van der Waals surface area contributed by atoms with Crippen molar-refractivity contribution in [2.45, 2.75) is 33.9 Å². The average Bonchev–Trinajstić information content (AvgIpc) is 2.81. The van der Waals surface area contributed by atoms with Gasteiger partial charge in [0.25, 0.3) is 5.91 Å². The quantitative estimate of drug-likeness (QED) is 0.371. The number of hydrogen-bond donors (Lipinski definition) is 2. The molecule has 0 aliphatic carbocycles. The molecule has 2 N–H and O–H groups in total. The van der Waals surface area contributed by atoms with Gasteiger partial charge in [-0.15, -0.1) is 0 Å². The lowest BCUT2D eigenvalue weighted by Crippen LogP contribution is -2.27. The van der Waals surface area contributed by atoms with E-state index in [1.165, 1.54) is 5.56 Å². The summed E-state index contributed by atoms with van der Waals surface area (Å²) in [5.41, 5.74) is 4.67. The normalized spacial score (nSPS) is 10.7. The van der Waals surface area contributed by atoms with E-state index in [9.17, 15) is 4.79 Å². The highest BCUT2D eigenvalue weighted by Gasteiger charge is 2.13. The molecule has 0 heterocycles. The van der Waals surface area contributed by atoms with Gasteiger partial charge in [0.1, 0.15) is 6.61 Å². The molecule has 174 valence electrons. The number of carbonyl (C=O) groups is 1. The summed E-state index contributed by atoms with van der Waals surface area (Å²) in [4.78, 5) is 12.3. The van der Waals surface area contributed by atoms with Crippen LogP contribution >= 0.6 is 11.6 Å². The van der Waals surface area contributed by atoms with Crippen LogP contribution in [0.25, 0.3) is 0 Å². The summed E-state index contributed by atoms with van der Waals surface area (Å²) in [5, 5.41) is 6.77. The number of amides is 1. The van der Waals surface area contributed by atoms with Crippen molar-refractivity contribution in [2.24, 2.45) is 5.92 Å². The molecule has 0 radical (unpaired) electrons. The van der Waals surface area contributed by atoms with Gasteiger partial charge in [-0.25, -0.2) is 0 Å². The van der Waals surface area contributed by atoms with Gasteiger partial charge in [-0.05, 0) is 54.3 Å². The number of aryl methyl sites for hydroxylation is 1. The Labute approximate surface area is 201 Å². The Morgan fingerprint density at radius 1 is 1.03 bits per heavy atom. The third-order valence-electron chi connectivity index (χ3n) is 5.09. The molecule has 0 bridgehead atoms. The van der Waals surface area contributed by atoms with Crippen molar-refractivity contribution in [1.29, 1.82) is 0 Å². The Morgan fingerprint density at radius 2 is 1.79 bits per heavy atom. The van der Waals surface area contributed by atoms with Crippen molar-refractivity contribution in [3.8, 4) is 11.5 Å². The number of halogens is 1. The van der Waals surface area contributed by atoms with Gasteiger partial charge in [0.05, 0.1) is 12.1 Å². The summed E-state index contributed by atoms with van der Waals surface area (Å²) in [6, 6.07) is 19.4. The van der Waals surface area contributed by atoms with E-state index in [1.807, 2.05) is 42.5 Å². The minimum absolute atomic E-state index is 0.0767. The molecule has 6 heteroatoms. The van der Waals surface area contributed by atoms with Gasteiger partial charge in [0.15, 0.2) is 11.5 Å². The molecular formula is C27H31ClN2O3. The first-order chi connectivity index (χ1) is 15.9. The van der Waals surface area contributed by atoms with E-state index in [1.54, 1.807) is 13.2 Å². The highest BCUT2D eigenvalue weighted by molar-refractivity contribution is 6.32. The predicted octanol–water partition coefficient (Wildman–Crippen LogP) is 6.23. The first-order valence-electron chi connectivity index (χ1n) is 11.0. The third kappa shape index (κ3) is 7.16. The van der Waals surface area contributed by atoms with Crippen LogP contribution in [0.15, 0.2) is 60.7 Å². The zero-order valence-corrected chi connectivity index (χ0v) is 20.3. The van der Waals surface area contributed by atoms with E-state index in [0.29, 0.717) is 47.7 Å². The van der Waals surface area contributed by atoms with Gasteiger partial charge in [-0.1, -0.05) is 61.3 Å². The lowest BCUT2D eigenvalue weighted by molar-refractivity contribution is 0.0949. The van der Waals surface area contributed by atoms with Crippen LogP contribution < -0.4 is 20.1 Å². The predicted molar refractivity (Wildman–Crippen MR) is 134 cm³/mol.